The number of imide groups is 2. The fourth-order valence-corrected chi connectivity index (χ4v) is 3.29. The number of carbonyl (C=O) groups is 4. The lowest BCUT2D eigenvalue weighted by atomic mass is 10.1. The third kappa shape index (κ3) is 3.62. The standard InChI is InChI=1S/C23H16N2O6/c1-13-6-2-5-9-18(13)25-21(27)17(20(26)24-23(25)30)12-14-10-11-19(31-14)15-7-3-4-8-16(15)22(28)29/h2-12H,1H3,(H,28,29)(H,24,26,30)/b17-12+. The van der Waals surface area contributed by atoms with Gasteiger partial charge in [0.1, 0.15) is 17.1 Å². The molecule has 154 valence electrons. The van der Waals surface area contributed by atoms with E-state index in [1.807, 2.05) is 0 Å². The highest BCUT2D eigenvalue weighted by atomic mass is 16.4. The highest BCUT2D eigenvalue weighted by molar-refractivity contribution is 6.39. The van der Waals surface area contributed by atoms with Crippen molar-refractivity contribution in [3.05, 3.63) is 83.1 Å². The van der Waals surface area contributed by atoms with Crippen molar-refractivity contribution in [3.8, 4) is 11.3 Å². The first kappa shape index (κ1) is 19.8. The van der Waals surface area contributed by atoms with Gasteiger partial charge in [-0.3, -0.25) is 14.9 Å². The molecule has 3 aromatic rings. The number of carboxylic acid groups (broad SMARTS) is 1. The summed E-state index contributed by atoms with van der Waals surface area (Å²) in [7, 11) is 0. The molecule has 1 aliphatic heterocycles. The molecule has 0 radical (unpaired) electrons. The van der Waals surface area contributed by atoms with E-state index in [2.05, 4.69) is 5.32 Å². The Morgan fingerprint density at radius 1 is 1.00 bits per heavy atom. The number of anilines is 1. The monoisotopic (exact) mass is 416 g/mol. The summed E-state index contributed by atoms with van der Waals surface area (Å²) in [4.78, 5) is 50.0. The minimum absolute atomic E-state index is 0.0545. The molecule has 0 unspecified atom stereocenters. The number of hydrogen-bond acceptors (Lipinski definition) is 5. The lowest BCUT2D eigenvalue weighted by Crippen LogP contribution is -2.54. The first-order chi connectivity index (χ1) is 14.9. The van der Waals surface area contributed by atoms with E-state index in [4.69, 9.17) is 4.42 Å². The number of furan rings is 1. The van der Waals surface area contributed by atoms with Crippen LogP contribution in [0.2, 0.25) is 0 Å². The maximum Gasteiger partial charge on any atom is 0.336 e. The molecular formula is C23H16N2O6. The molecule has 4 rings (SSSR count). The van der Waals surface area contributed by atoms with Crippen LogP contribution in [0.5, 0.6) is 0 Å². The summed E-state index contributed by atoms with van der Waals surface area (Å²) in [5, 5.41) is 11.5. The van der Waals surface area contributed by atoms with Gasteiger partial charge in [-0.15, -0.1) is 0 Å². The SMILES string of the molecule is Cc1ccccc1N1C(=O)NC(=O)/C(=C\c2ccc(-c3ccccc3C(=O)O)o2)C1=O. The summed E-state index contributed by atoms with van der Waals surface area (Å²) in [6, 6.07) is 15.3. The number of barbiturate groups is 1. The summed E-state index contributed by atoms with van der Waals surface area (Å²) >= 11 is 0. The molecule has 0 atom stereocenters. The number of aromatic carboxylic acids is 1. The zero-order valence-electron chi connectivity index (χ0n) is 16.3. The Hall–Kier alpha value is -4.46. The largest absolute Gasteiger partial charge is 0.478 e. The van der Waals surface area contributed by atoms with Crippen molar-refractivity contribution in [2.24, 2.45) is 0 Å². The van der Waals surface area contributed by atoms with Gasteiger partial charge in [0.2, 0.25) is 0 Å². The molecule has 0 saturated carbocycles. The van der Waals surface area contributed by atoms with Gasteiger partial charge in [-0.1, -0.05) is 36.4 Å². The predicted molar refractivity (Wildman–Crippen MR) is 111 cm³/mol. The van der Waals surface area contributed by atoms with E-state index in [0.717, 1.165) is 4.90 Å². The van der Waals surface area contributed by atoms with Gasteiger partial charge in [-0.25, -0.2) is 14.5 Å². The Morgan fingerprint density at radius 2 is 1.71 bits per heavy atom. The van der Waals surface area contributed by atoms with E-state index >= 15 is 0 Å². The van der Waals surface area contributed by atoms with Crippen molar-refractivity contribution >= 4 is 35.6 Å². The van der Waals surface area contributed by atoms with Crippen molar-refractivity contribution in [2.45, 2.75) is 6.92 Å². The fraction of sp³-hybridized carbons (Fsp3) is 0.0435. The van der Waals surface area contributed by atoms with Gasteiger partial charge in [-0.05, 0) is 42.8 Å². The average Bonchev–Trinajstić information content (AvgIpc) is 3.21. The quantitative estimate of drug-likeness (QED) is 0.496. The number of rotatable bonds is 4. The maximum absolute atomic E-state index is 13.0. The topological polar surface area (TPSA) is 117 Å². The summed E-state index contributed by atoms with van der Waals surface area (Å²) in [6.07, 6.45) is 1.22. The number of aryl methyl sites for hydroxylation is 1. The maximum atomic E-state index is 13.0. The Balaban J connectivity index is 1.71. The second-order valence-electron chi connectivity index (χ2n) is 6.80. The molecule has 8 heteroatoms. The van der Waals surface area contributed by atoms with Gasteiger partial charge >= 0.3 is 12.0 Å². The van der Waals surface area contributed by atoms with E-state index in [1.54, 1.807) is 55.5 Å². The molecular weight excluding hydrogens is 400 g/mol. The second kappa shape index (κ2) is 7.75. The van der Waals surface area contributed by atoms with Crippen LogP contribution in [0.4, 0.5) is 10.5 Å². The number of urea groups is 1. The lowest BCUT2D eigenvalue weighted by Gasteiger charge is -2.27. The van der Waals surface area contributed by atoms with Crippen LogP contribution in [0.25, 0.3) is 17.4 Å². The Bertz CT molecular complexity index is 1270. The highest BCUT2D eigenvalue weighted by Gasteiger charge is 2.37. The van der Waals surface area contributed by atoms with Crippen molar-refractivity contribution in [1.82, 2.24) is 5.32 Å². The van der Waals surface area contributed by atoms with E-state index in [9.17, 15) is 24.3 Å². The van der Waals surface area contributed by atoms with Crippen molar-refractivity contribution < 1.29 is 28.7 Å². The van der Waals surface area contributed by atoms with Crippen LogP contribution in [-0.2, 0) is 9.59 Å². The summed E-state index contributed by atoms with van der Waals surface area (Å²) in [5.41, 5.74) is 1.18. The zero-order chi connectivity index (χ0) is 22.1. The molecule has 1 saturated heterocycles. The van der Waals surface area contributed by atoms with Crippen LogP contribution in [0.15, 0.2) is 70.7 Å². The van der Waals surface area contributed by atoms with Crippen LogP contribution < -0.4 is 10.2 Å². The van der Waals surface area contributed by atoms with Crippen molar-refractivity contribution in [2.75, 3.05) is 4.90 Å². The molecule has 8 nitrogen and oxygen atoms in total. The smallest absolute Gasteiger partial charge is 0.336 e. The Kier molecular flexibility index (Phi) is 4.96. The van der Waals surface area contributed by atoms with E-state index in [-0.39, 0.29) is 22.7 Å². The minimum Gasteiger partial charge on any atom is -0.478 e. The van der Waals surface area contributed by atoms with E-state index in [0.29, 0.717) is 16.8 Å². The molecule has 4 amide bonds. The summed E-state index contributed by atoms with van der Waals surface area (Å²) in [6.45, 7) is 1.74. The predicted octanol–water partition coefficient (Wildman–Crippen LogP) is 3.62. The molecule has 1 aromatic heterocycles. The van der Waals surface area contributed by atoms with Crippen LogP contribution >= 0.6 is 0 Å². The van der Waals surface area contributed by atoms with E-state index in [1.165, 1.54) is 18.2 Å². The first-order valence-corrected chi connectivity index (χ1v) is 9.26. The Morgan fingerprint density at radius 3 is 2.45 bits per heavy atom. The number of benzene rings is 2. The van der Waals surface area contributed by atoms with Gasteiger partial charge in [0.05, 0.1) is 11.3 Å². The molecule has 0 bridgehead atoms. The zero-order valence-corrected chi connectivity index (χ0v) is 16.3. The summed E-state index contributed by atoms with van der Waals surface area (Å²) in [5.74, 6) is -2.31. The fourth-order valence-electron chi connectivity index (χ4n) is 3.29. The number of hydrogen-bond donors (Lipinski definition) is 2. The molecule has 0 aliphatic carbocycles. The number of amides is 4. The van der Waals surface area contributed by atoms with E-state index < -0.39 is 23.8 Å². The van der Waals surface area contributed by atoms with Crippen molar-refractivity contribution in [1.29, 1.82) is 0 Å². The van der Waals surface area contributed by atoms with Gasteiger partial charge in [0.15, 0.2) is 0 Å². The number of carboxylic acids is 1. The lowest BCUT2D eigenvalue weighted by molar-refractivity contribution is -0.122. The van der Waals surface area contributed by atoms with Gasteiger partial charge in [0.25, 0.3) is 11.8 Å². The van der Waals surface area contributed by atoms with Gasteiger partial charge < -0.3 is 9.52 Å². The third-order valence-corrected chi connectivity index (χ3v) is 4.79. The van der Waals surface area contributed by atoms with Gasteiger partial charge in [0, 0.05) is 5.56 Å². The number of nitrogens with one attached hydrogen (secondary N) is 1. The molecule has 2 N–H and O–H groups in total. The normalized spacial score (nSPS) is 15.3. The number of nitrogens with zero attached hydrogens (tertiary/aromatic N) is 1. The van der Waals surface area contributed by atoms with Crippen LogP contribution in [-0.4, -0.2) is 28.9 Å². The molecule has 2 heterocycles. The third-order valence-electron chi connectivity index (χ3n) is 4.79. The molecule has 2 aromatic carbocycles. The van der Waals surface area contributed by atoms with Crippen molar-refractivity contribution in [3.63, 3.8) is 0 Å². The minimum atomic E-state index is -1.11. The molecule has 0 spiro atoms. The van der Waals surface area contributed by atoms with Crippen LogP contribution in [0.3, 0.4) is 0 Å². The molecule has 1 fully saturated rings. The summed E-state index contributed by atoms with van der Waals surface area (Å²) < 4.78 is 5.68. The molecule has 1 aliphatic rings. The molecule has 31 heavy (non-hydrogen) atoms. The first-order valence-electron chi connectivity index (χ1n) is 9.26. The van der Waals surface area contributed by atoms with Gasteiger partial charge in [-0.2, -0.15) is 0 Å². The van der Waals surface area contributed by atoms with Crippen LogP contribution in [0, 0.1) is 6.92 Å². The van der Waals surface area contributed by atoms with Crippen LogP contribution in [0.1, 0.15) is 21.7 Å². The highest BCUT2D eigenvalue weighted by Crippen LogP contribution is 2.28. The number of para-hydroxylation sites is 1. The number of carbonyl (C=O) groups excluding carboxylic acids is 3. The Labute approximate surface area is 176 Å². The second-order valence-corrected chi connectivity index (χ2v) is 6.80. The average molecular weight is 416 g/mol.